The summed E-state index contributed by atoms with van der Waals surface area (Å²) in [6.45, 7) is 16.6. The van der Waals surface area contributed by atoms with Crippen molar-refractivity contribution in [1.29, 1.82) is 0 Å². The molecule has 4 heteroatoms. The smallest absolute Gasteiger partial charge is 0.222 e. The summed E-state index contributed by atoms with van der Waals surface area (Å²) in [6, 6.07) is 0. The van der Waals surface area contributed by atoms with Crippen LogP contribution in [0.25, 0.3) is 0 Å². The summed E-state index contributed by atoms with van der Waals surface area (Å²) < 4.78 is 6.23. The molecular formula is C16H35NO2Si. The highest BCUT2D eigenvalue weighted by molar-refractivity contribution is 6.74. The number of carbonyl (C=O) groups excluding carboxylic acids is 1. The van der Waals surface area contributed by atoms with Crippen molar-refractivity contribution in [2.75, 3.05) is 20.7 Å². The van der Waals surface area contributed by atoms with E-state index in [1.165, 1.54) is 0 Å². The quantitative estimate of drug-likeness (QED) is 0.656. The topological polar surface area (TPSA) is 29.5 Å². The zero-order valence-corrected chi connectivity index (χ0v) is 16.1. The Balaban J connectivity index is 4.21. The molecule has 0 saturated carbocycles. The molecule has 0 aliphatic carbocycles. The third-order valence-corrected chi connectivity index (χ3v) is 9.10. The molecule has 0 aliphatic heterocycles. The predicted molar refractivity (Wildman–Crippen MR) is 89.5 cm³/mol. The standard InChI is InChI=1S/C16H35NO2Si/c1-15(2,3)20(8,9)19-13-12-16(4,5)11-10-14(18)17(6)7/h10-13H2,1-9H3. The average molecular weight is 302 g/mol. The van der Waals surface area contributed by atoms with Gasteiger partial charge in [-0.05, 0) is 36.4 Å². The van der Waals surface area contributed by atoms with Gasteiger partial charge in [0.2, 0.25) is 5.91 Å². The fourth-order valence-corrected chi connectivity index (χ4v) is 2.64. The number of carbonyl (C=O) groups is 1. The van der Waals surface area contributed by atoms with Crippen molar-refractivity contribution >= 4 is 14.2 Å². The van der Waals surface area contributed by atoms with E-state index in [2.05, 4.69) is 47.7 Å². The highest BCUT2D eigenvalue weighted by Gasteiger charge is 2.37. The second kappa shape index (κ2) is 7.08. The van der Waals surface area contributed by atoms with Crippen LogP contribution in [0.1, 0.15) is 53.9 Å². The fraction of sp³-hybridized carbons (Fsp3) is 0.938. The maximum Gasteiger partial charge on any atom is 0.222 e. The van der Waals surface area contributed by atoms with Gasteiger partial charge in [0, 0.05) is 27.1 Å². The Kier molecular flexibility index (Phi) is 6.95. The third-order valence-electron chi connectivity index (χ3n) is 4.56. The van der Waals surface area contributed by atoms with E-state index in [1.54, 1.807) is 4.90 Å². The summed E-state index contributed by atoms with van der Waals surface area (Å²) in [5.41, 5.74) is 0.161. The van der Waals surface area contributed by atoms with E-state index in [-0.39, 0.29) is 16.4 Å². The lowest BCUT2D eigenvalue weighted by Gasteiger charge is -2.37. The Hall–Kier alpha value is -0.353. The minimum atomic E-state index is -1.64. The monoisotopic (exact) mass is 301 g/mol. The van der Waals surface area contributed by atoms with Gasteiger partial charge in [0.15, 0.2) is 8.32 Å². The summed E-state index contributed by atoms with van der Waals surface area (Å²) in [7, 11) is 1.99. The molecule has 0 rings (SSSR count). The average Bonchev–Trinajstić information content (AvgIpc) is 2.23. The van der Waals surface area contributed by atoms with Gasteiger partial charge < -0.3 is 9.33 Å². The van der Waals surface area contributed by atoms with Crippen LogP contribution in [-0.4, -0.2) is 39.8 Å². The van der Waals surface area contributed by atoms with Crippen molar-refractivity contribution in [3.63, 3.8) is 0 Å². The SMILES string of the molecule is CN(C)C(=O)CCC(C)(C)CCO[Si](C)(C)C(C)(C)C. The van der Waals surface area contributed by atoms with Crippen LogP contribution in [0.3, 0.4) is 0 Å². The van der Waals surface area contributed by atoms with Gasteiger partial charge in [-0.3, -0.25) is 4.79 Å². The van der Waals surface area contributed by atoms with Crippen molar-refractivity contribution < 1.29 is 9.22 Å². The first kappa shape index (κ1) is 19.6. The predicted octanol–water partition coefficient (Wildman–Crippen LogP) is 4.29. The van der Waals surface area contributed by atoms with Gasteiger partial charge in [-0.25, -0.2) is 0 Å². The first-order valence-corrected chi connectivity index (χ1v) is 10.5. The van der Waals surface area contributed by atoms with Gasteiger partial charge in [-0.2, -0.15) is 0 Å². The third kappa shape index (κ3) is 6.89. The molecule has 20 heavy (non-hydrogen) atoms. The van der Waals surface area contributed by atoms with E-state index in [4.69, 9.17) is 4.43 Å². The molecule has 0 unspecified atom stereocenters. The largest absolute Gasteiger partial charge is 0.417 e. The van der Waals surface area contributed by atoms with Crippen LogP contribution in [0.5, 0.6) is 0 Å². The maximum atomic E-state index is 11.7. The summed E-state index contributed by atoms with van der Waals surface area (Å²) in [6.07, 6.45) is 2.56. The van der Waals surface area contributed by atoms with Gasteiger partial charge in [-0.1, -0.05) is 34.6 Å². The van der Waals surface area contributed by atoms with Crippen LogP contribution in [0, 0.1) is 5.41 Å². The number of hydrogen-bond donors (Lipinski definition) is 0. The van der Waals surface area contributed by atoms with E-state index in [0.29, 0.717) is 6.42 Å². The lowest BCUT2D eigenvalue weighted by molar-refractivity contribution is -0.129. The zero-order chi connectivity index (χ0) is 16.2. The van der Waals surface area contributed by atoms with E-state index in [0.717, 1.165) is 19.4 Å². The molecule has 0 spiro atoms. The molecule has 0 radical (unpaired) electrons. The Morgan fingerprint density at radius 3 is 1.95 bits per heavy atom. The molecule has 0 aromatic rings. The van der Waals surface area contributed by atoms with Crippen molar-refractivity contribution in [1.82, 2.24) is 4.90 Å². The lowest BCUT2D eigenvalue weighted by Crippen LogP contribution is -2.41. The molecule has 0 bridgehead atoms. The van der Waals surface area contributed by atoms with E-state index in [1.807, 2.05) is 14.1 Å². The highest BCUT2D eigenvalue weighted by Crippen LogP contribution is 2.37. The molecule has 0 aromatic carbocycles. The number of hydrogen-bond acceptors (Lipinski definition) is 2. The van der Waals surface area contributed by atoms with Gasteiger partial charge in [0.05, 0.1) is 0 Å². The van der Waals surface area contributed by atoms with E-state index in [9.17, 15) is 4.79 Å². The number of nitrogens with zero attached hydrogens (tertiary/aromatic N) is 1. The van der Waals surface area contributed by atoms with Gasteiger partial charge in [0.1, 0.15) is 0 Å². The minimum Gasteiger partial charge on any atom is -0.417 e. The molecule has 0 N–H and O–H groups in total. The van der Waals surface area contributed by atoms with Crippen molar-refractivity contribution in [2.45, 2.75) is 72.0 Å². The highest BCUT2D eigenvalue weighted by atomic mass is 28.4. The second-order valence-corrected chi connectivity index (χ2v) is 13.1. The van der Waals surface area contributed by atoms with Crippen molar-refractivity contribution in [3.8, 4) is 0 Å². The first-order valence-electron chi connectivity index (χ1n) is 7.63. The molecular weight excluding hydrogens is 266 g/mol. The minimum absolute atomic E-state index is 0.161. The Morgan fingerprint density at radius 2 is 1.55 bits per heavy atom. The Bertz CT molecular complexity index is 317. The molecule has 0 aromatic heterocycles. The molecule has 120 valence electrons. The summed E-state index contributed by atoms with van der Waals surface area (Å²) in [5, 5.41) is 0.262. The van der Waals surface area contributed by atoms with Crippen LogP contribution in [0.15, 0.2) is 0 Å². The Morgan fingerprint density at radius 1 is 1.05 bits per heavy atom. The van der Waals surface area contributed by atoms with Crippen LogP contribution in [-0.2, 0) is 9.22 Å². The first-order chi connectivity index (χ1) is 8.78. The van der Waals surface area contributed by atoms with Crippen LogP contribution >= 0.6 is 0 Å². The van der Waals surface area contributed by atoms with Crippen LogP contribution in [0.4, 0.5) is 0 Å². The van der Waals surface area contributed by atoms with Crippen molar-refractivity contribution in [2.24, 2.45) is 5.41 Å². The van der Waals surface area contributed by atoms with E-state index >= 15 is 0 Å². The van der Waals surface area contributed by atoms with E-state index < -0.39 is 8.32 Å². The summed E-state index contributed by atoms with van der Waals surface area (Å²) >= 11 is 0. The summed E-state index contributed by atoms with van der Waals surface area (Å²) in [5.74, 6) is 0.211. The van der Waals surface area contributed by atoms with Gasteiger partial charge in [0.25, 0.3) is 0 Å². The van der Waals surface area contributed by atoms with Crippen LogP contribution < -0.4 is 0 Å². The van der Waals surface area contributed by atoms with Crippen molar-refractivity contribution in [3.05, 3.63) is 0 Å². The molecule has 0 atom stereocenters. The lowest BCUT2D eigenvalue weighted by atomic mass is 9.84. The number of amides is 1. The molecule has 0 aliphatic rings. The fourth-order valence-electron chi connectivity index (χ4n) is 1.59. The second-order valence-electron chi connectivity index (χ2n) is 8.31. The number of rotatable bonds is 7. The maximum absolute atomic E-state index is 11.7. The van der Waals surface area contributed by atoms with Crippen LogP contribution in [0.2, 0.25) is 18.1 Å². The molecule has 3 nitrogen and oxygen atoms in total. The molecule has 0 fully saturated rings. The molecule has 0 heterocycles. The summed E-state index contributed by atoms with van der Waals surface area (Å²) in [4.78, 5) is 13.3. The zero-order valence-electron chi connectivity index (χ0n) is 15.1. The molecule has 0 saturated heterocycles. The van der Waals surface area contributed by atoms with Gasteiger partial charge in [-0.15, -0.1) is 0 Å². The Labute approximate surface area is 127 Å². The molecule has 1 amide bonds. The normalized spacial score (nSPS) is 13.4. The van der Waals surface area contributed by atoms with Gasteiger partial charge >= 0.3 is 0 Å².